The van der Waals surface area contributed by atoms with E-state index in [-0.39, 0.29) is 12.3 Å². The summed E-state index contributed by atoms with van der Waals surface area (Å²) in [6, 6.07) is 3.02. The van der Waals surface area contributed by atoms with Crippen LogP contribution < -0.4 is 16.2 Å². The maximum Gasteiger partial charge on any atom is 0.210 e. The van der Waals surface area contributed by atoms with Gasteiger partial charge in [-0.2, -0.15) is 0 Å². The minimum atomic E-state index is -3.49. The van der Waals surface area contributed by atoms with Crippen LogP contribution >= 0.6 is 23.2 Å². The molecule has 0 atom stereocenters. The third-order valence-electron chi connectivity index (χ3n) is 1.79. The van der Waals surface area contributed by atoms with Gasteiger partial charge in [-0.15, -0.1) is 0 Å². The minimum Gasteiger partial charge on any atom is -0.397 e. The topological polar surface area (TPSA) is 98.2 Å². The molecule has 0 unspecified atom stereocenters. The number of benzene rings is 1. The molecule has 0 radical (unpaired) electrons. The van der Waals surface area contributed by atoms with Gasteiger partial charge in [0.25, 0.3) is 0 Å². The van der Waals surface area contributed by atoms with Crippen molar-refractivity contribution in [2.24, 2.45) is 5.14 Å². The fraction of sp³-hybridized carbons (Fsp3) is 0.250. The van der Waals surface area contributed by atoms with Crippen LogP contribution in [0, 0.1) is 0 Å². The van der Waals surface area contributed by atoms with Gasteiger partial charge in [-0.25, -0.2) is 13.6 Å². The normalized spacial score (nSPS) is 11.4. The van der Waals surface area contributed by atoms with E-state index in [4.69, 9.17) is 34.1 Å². The first-order valence-electron chi connectivity index (χ1n) is 4.28. The summed E-state index contributed by atoms with van der Waals surface area (Å²) in [6.45, 7) is 0.154. The maximum atomic E-state index is 10.7. The molecule has 16 heavy (non-hydrogen) atoms. The molecule has 0 heterocycles. The lowest BCUT2D eigenvalue weighted by atomic mass is 10.2. The molecule has 0 fully saturated rings. The van der Waals surface area contributed by atoms with Crippen LogP contribution in [0.4, 0.5) is 11.4 Å². The van der Waals surface area contributed by atoms with E-state index < -0.39 is 10.0 Å². The highest BCUT2D eigenvalue weighted by Crippen LogP contribution is 2.30. The van der Waals surface area contributed by atoms with Crippen LogP contribution in [0.1, 0.15) is 0 Å². The molecule has 5 nitrogen and oxygen atoms in total. The molecule has 0 aliphatic rings. The third-order valence-corrected chi connectivity index (χ3v) is 3.29. The number of primary sulfonamides is 1. The average Bonchev–Trinajstić information content (AvgIpc) is 2.11. The van der Waals surface area contributed by atoms with Gasteiger partial charge in [0.1, 0.15) is 0 Å². The molecule has 0 aliphatic carbocycles. The Morgan fingerprint density at radius 3 is 2.38 bits per heavy atom. The van der Waals surface area contributed by atoms with Crippen LogP contribution in [-0.2, 0) is 10.0 Å². The van der Waals surface area contributed by atoms with E-state index in [9.17, 15) is 8.42 Å². The lowest BCUT2D eigenvalue weighted by Gasteiger charge is -2.09. The number of rotatable bonds is 4. The molecule has 1 aromatic carbocycles. The van der Waals surface area contributed by atoms with Crippen LogP contribution in [-0.4, -0.2) is 20.7 Å². The molecule has 8 heteroatoms. The lowest BCUT2D eigenvalue weighted by molar-refractivity contribution is 0.598. The van der Waals surface area contributed by atoms with Crippen LogP contribution in [0.25, 0.3) is 0 Å². The summed E-state index contributed by atoms with van der Waals surface area (Å²) in [7, 11) is -3.49. The predicted molar refractivity (Wildman–Crippen MR) is 67.3 cm³/mol. The Labute approximate surface area is 104 Å². The quantitative estimate of drug-likeness (QED) is 0.725. The van der Waals surface area contributed by atoms with Crippen molar-refractivity contribution in [2.75, 3.05) is 23.3 Å². The zero-order valence-electron chi connectivity index (χ0n) is 8.20. The molecule has 0 saturated carbocycles. The van der Waals surface area contributed by atoms with Crippen molar-refractivity contribution in [2.45, 2.75) is 0 Å². The number of hydrogen-bond donors (Lipinski definition) is 3. The molecule has 0 amide bonds. The van der Waals surface area contributed by atoms with Gasteiger partial charge < -0.3 is 11.1 Å². The average molecular weight is 284 g/mol. The second-order valence-electron chi connectivity index (χ2n) is 3.15. The van der Waals surface area contributed by atoms with Gasteiger partial charge in [0.2, 0.25) is 10.0 Å². The summed E-state index contributed by atoms with van der Waals surface area (Å²) in [5, 5.41) is 8.34. The van der Waals surface area contributed by atoms with E-state index in [1.807, 2.05) is 0 Å². The van der Waals surface area contributed by atoms with Crippen molar-refractivity contribution in [3.63, 3.8) is 0 Å². The number of halogens is 2. The standard InChI is InChI=1S/C8H11Cl2N3O2S/c9-5-3-7(11)8(4-6(5)10)13-1-2-16(12,14)15/h3-4,13H,1-2,11H2,(H2,12,14,15). The van der Waals surface area contributed by atoms with Gasteiger partial charge in [0.05, 0.1) is 27.2 Å². The Hall–Kier alpha value is -0.690. The Morgan fingerprint density at radius 2 is 1.81 bits per heavy atom. The number of nitrogen functional groups attached to an aromatic ring is 1. The van der Waals surface area contributed by atoms with Crippen LogP contribution in [0.3, 0.4) is 0 Å². The largest absolute Gasteiger partial charge is 0.397 e. The van der Waals surface area contributed by atoms with E-state index in [0.717, 1.165) is 0 Å². The van der Waals surface area contributed by atoms with Crippen molar-refractivity contribution in [3.05, 3.63) is 22.2 Å². The van der Waals surface area contributed by atoms with Crippen molar-refractivity contribution in [3.8, 4) is 0 Å². The zero-order chi connectivity index (χ0) is 12.3. The molecular formula is C8H11Cl2N3O2S. The van der Waals surface area contributed by atoms with Crippen LogP contribution in [0.5, 0.6) is 0 Å². The number of anilines is 2. The highest BCUT2D eigenvalue weighted by Gasteiger charge is 2.06. The first-order chi connectivity index (χ1) is 7.29. The second kappa shape index (κ2) is 5.09. The predicted octanol–water partition coefficient (Wildman–Crippen LogP) is 1.28. The number of hydrogen-bond acceptors (Lipinski definition) is 4. The van der Waals surface area contributed by atoms with Gasteiger partial charge in [0.15, 0.2) is 0 Å². The Balaban J connectivity index is 2.71. The van der Waals surface area contributed by atoms with E-state index >= 15 is 0 Å². The summed E-state index contributed by atoms with van der Waals surface area (Å²) in [5.41, 5.74) is 6.57. The molecule has 0 aliphatic heterocycles. The highest BCUT2D eigenvalue weighted by atomic mass is 35.5. The molecule has 5 N–H and O–H groups in total. The van der Waals surface area contributed by atoms with Crippen molar-refractivity contribution in [1.29, 1.82) is 0 Å². The van der Waals surface area contributed by atoms with E-state index in [2.05, 4.69) is 5.32 Å². The SMILES string of the molecule is Nc1cc(Cl)c(Cl)cc1NCCS(N)(=O)=O. The molecule has 0 saturated heterocycles. The Kier molecular flexibility index (Phi) is 4.26. The Morgan fingerprint density at radius 1 is 1.25 bits per heavy atom. The molecule has 1 aromatic rings. The van der Waals surface area contributed by atoms with Gasteiger partial charge in [-0.05, 0) is 12.1 Å². The Bertz CT molecular complexity index is 490. The van der Waals surface area contributed by atoms with Crippen molar-refractivity contribution < 1.29 is 8.42 Å². The van der Waals surface area contributed by atoms with E-state index in [0.29, 0.717) is 21.4 Å². The number of nitrogens with one attached hydrogen (secondary N) is 1. The molecule has 0 bridgehead atoms. The maximum absolute atomic E-state index is 10.7. The van der Waals surface area contributed by atoms with Gasteiger partial charge >= 0.3 is 0 Å². The minimum absolute atomic E-state index is 0.154. The van der Waals surface area contributed by atoms with Gasteiger partial charge in [-0.3, -0.25) is 0 Å². The van der Waals surface area contributed by atoms with Gasteiger partial charge in [-0.1, -0.05) is 23.2 Å². The summed E-state index contributed by atoms with van der Waals surface area (Å²) in [4.78, 5) is 0. The van der Waals surface area contributed by atoms with E-state index in [1.54, 1.807) is 0 Å². The van der Waals surface area contributed by atoms with Crippen LogP contribution in [0.2, 0.25) is 10.0 Å². The summed E-state index contributed by atoms with van der Waals surface area (Å²) < 4.78 is 21.4. The molecule has 1 rings (SSSR count). The fourth-order valence-corrected chi connectivity index (χ4v) is 1.77. The molecule has 90 valence electrons. The fourth-order valence-electron chi connectivity index (χ4n) is 1.04. The first-order valence-corrected chi connectivity index (χ1v) is 6.75. The zero-order valence-corrected chi connectivity index (χ0v) is 10.5. The smallest absolute Gasteiger partial charge is 0.210 e. The lowest BCUT2D eigenvalue weighted by Crippen LogP contribution is -2.22. The number of nitrogens with two attached hydrogens (primary N) is 2. The third kappa shape index (κ3) is 4.05. The summed E-state index contributed by atoms with van der Waals surface area (Å²) in [6.07, 6.45) is 0. The summed E-state index contributed by atoms with van der Waals surface area (Å²) in [5.74, 6) is -0.188. The molecular weight excluding hydrogens is 273 g/mol. The van der Waals surface area contributed by atoms with Gasteiger partial charge in [0, 0.05) is 6.54 Å². The van der Waals surface area contributed by atoms with E-state index in [1.165, 1.54) is 12.1 Å². The first kappa shape index (κ1) is 13.4. The number of sulfonamides is 1. The second-order valence-corrected chi connectivity index (χ2v) is 5.70. The summed E-state index contributed by atoms with van der Waals surface area (Å²) >= 11 is 11.5. The highest BCUT2D eigenvalue weighted by molar-refractivity contribution is 7.89. The van der Waals surface area contributed by atoms with Crippen LogP contribution in [0.15, 0.2) is 12.1 Å². The molecule has 0 aromatic heterocycles. The van der Waals surface area contributed by atoms with Crippen molar-refractivity contribution >= 4 is 44.6 Å². The van der Waals surface area contributed by atoms with Crippen molar-refractivity contribution in [1.82, 2.24) is 0 Å². The molecule has 0 spiro atoms. The monoisotopic (exact) mass is 283 g/mol.